The topological polar surface area (TPSA) is 72.5 Å². The van der Waals surface area contributed by atoms with Gasteiger partial charge < -0.3 is 4.74 Å². The molecular weight excluding hydrogens is 310 g/mol. The lowest BCUT2D eigenvalue weighted by Gasteiger charge is -2.14. The van der Waals surface area contributed by atoms with Crippen molar-refractivity contribution in [3.05, 3.63) is 24.3 Å². The van der Waals surface area contributed by atoms with Gasteiger partial charge in [-0.05, 0) is 25.0 Å². The van der Waals surface area contributed by atoms with Crippen LogP contribution in [-0.4, -0.2) is 32.8 Å². The normalized spacial score (nSPS) is 16.5. The van der Waals surface area contributed by atoms with E-state index >= 15 is 0 Å². The van der Waals surface area contributed by atoms with Crippen LogP contribution in [0.3, 0.4) is 0 Å². The molecule has 1 fully saturated rings. The van der Waals surface area contributed by atoms with Gasteiger partial charge in [-0.1, -0.05) is 19.1 Å². The monoisotopic (exact) mass is 329 g/mol. The lowest BCUT2D eigenvalue weighted by molar-refractivity contribution is -0.140. The number of thioether (sulfide) groups is 1. The van der Waals surface area contributed by atoms with Gasteiger partial charge in [0.15, 0.2) is 0 Å². The van der Waals surface area contributed by atoms with E-state index in [2.05, 4.69) is 9.46 Å². The minimum Gasteiger partial charge on any atom is -0.469 e. The first-order valence-corrected chi connectivity index (χ1v) is 9.13. The maximum Gasteiger partial charge on any atom is 0.306 e. The van der Waals surface area contributed by atoms with Gasteiger partial charge in [-0.2, -0.15) is 0 Å². The maximum atomic E-state index is 12.3. The molecule has 0 heterocycles. The number of sulfonamides is 1. The van der Waals surface area contributed by atoms with Crippen molar-refractivity contribution in [1.82, 2.24) is 4.72 Å². The molecule has 0 aliphatic heterocycles. The smallest absolute Gasteiger partial charge is 0.306 e. The van der Waals surface area contributed by atoms with E-state index in [1.807, 2.05) is 6.92 Å². The van der Waals surface area contributed by atoms with Crippen molar-refractivity contribution in [3.63, 3.8) is 0 Å². The Morgan fingerprint density at radius 1 is 1.43 bits per heavy atom. The first kappa shape index (κ1) is 16.3. The largest absolute Gasteiger partial charge is 0.469 e. The zero-order chi connectivity index (χ0) is 15.5. The highest BCUT2D eigenvalue weighted by Gasteiger charge is 2.29. The van der Waals surface area contributed by atoms with Gasteiger partial charge in [-0.3, -0.25) is 4.79 Å². The SMILES string of the molecule is COC(=O)CC(C)Sc1ccccc1S(=O)(=O)NC1CC1. The van der Waals surface area contributed by atoms with Gasteiger partial charge in [-0.25, -0.2) is 13.1 Å². The Morgan fingerprint density at radius 3 is 2.71 bits per heavy atom. The van der Waals surface area contributed by atoms with Crippen LogP contribution in [0.1, 0.15) is 26.2 Å². The third kappa shape index (κ3) is 4.72. The molecule has 0 radical (unpaired) electrons. The minimum atomic E-state index is -3.49. The van der Waals surface area contributed by atoms with Gasteiger partial charge in [-0.15, -0.1) is 11.8 Å². The second-order valence-corrected chi connectivity index (χ2v) is 8.21. The molecule has 1 atom stereocenters. The summed E-state index contributed by atoms with van der Waals surface area (Å²) < 4.78 is 32.0. The van der Waals surface area contributed by atoms with Crippen molar-refractivity contribution in [2.24, 2.45) is 0 Å². The predicted octanol–water partition coefficient (Wildman–Crippen LogP) is 2.17. The lowest BCUT2D eigenvalue weighted by atomic mass is 10.3. The summed E-state index contributed by atoms with van der Waals surface area (Å²) in [5.74, 6) is -0.300. The molecule has 0 saturated heterocycles. The van der Waals surface area contributed by atoms with Gasteiger partial charge in [0.2, 0.25) is 10.0 Å². The van der Waals surface area contributed by atoms with Crippen molar-refractivity contribution in [1.29, 1.82) is 0 Å². The van der Waals surface area contributed by atoms with Crippen molar-refractivity contribution < 1.29 is 17.9 Å². The second-order valence-electron chi connectivity index (χ2n) is 5.05. The lowest BCUT2D eigenvalue weighted by Crippen LogP contribution is -2.26. The van der Waals surface area contributed by atoms with Crippen LogP contribution in [0.4, 0.5) is 0 Å². The fourth-order valence-electron chi connectivity index (χ4n) is 1.83. The molecule has 1 aliphatic carbocycles. The zero-order valence-corrected chi connectivity index (χ0v) is 13.7. The average Bonchev–Trinajstić information content (AvgIpc) is 3.22. The molecule has 1 aliphatic rings. The van der Waals surface area contributed by atoms with Crippen LogP contribution in [0.2, 0.25) is 0 Å². The fraction of sp³-hybridized carbons (Fsp3) is 0.500. The summed E-state index contributed by atoms with van der Waals surface area (Å²) in [4.78, 5) is 12.2. The summed E-state index contributed by atoms with van der Waals surface area (Å²) in [5.41, 5.74) is 0. The van der Waals surface area contributed by atoms with Crippen LogP contribution in [0.25, 0.3) is 0 Å². The summed E-state index contributed by atoms with van der Waals surface area (Å²) in [7, 11) is -2.15. The maximum absolute atomic E-state index is 12.3. The fourth-order valence-corrected chi connectivity index (χ4v) is 4.69. The summed E-state index contributed by atoms with van der Waals surface area (Å²) in [6, 6.07) is 6.93. The van der Waals surface area contributed by atoms with Gasteiger partial charge in [0.05, 0.1) is 18.4 Å². The third-order valence-electron chi connectivity index (χ3n) is 3.05. The minimum absolute atomic E-state index is 0.0604. The zero-order valence-electron chi connectivity index (χ0n) is 12.0. The van der Waals surface area contributed by atoms with Gasteiger partial charge in [0, 0.05) is 16.2 Å². The molecule has 0 spiro atoms. The molecular formula is C14H19NO4S2. The summed E-state index contributed by atoms with van der Waals surface area (Å²) in [6.07, 6.45) is 2.03. The molecule has 0 aromatic heterocycles. The number of carbonyl (C=O) groups is 1. The number of esters is 1. The summed E-state index contributed by atoms with van der Waals surface area (Å²) in [5, 5.41) is -0.0604. The quantitative estimate of drug-likeness (QED) is 0.613. The first-order chi connectivity index (χ1) is 9.92. The van der Waals surface area contributed by atoms with Crippen molar-refractivity contribution in [2.75, 3.05) is 7.11 Å². The number of methoxy groups -OCH3 is 1. The molecule has 5 nitrogen and oxygen atoms in total. The molecule has 0 amide bonds. The van der Waals surface area contributed by atoms with Crippen LogP contribution >= 0.6 is 11.8 Å². The molecule has 2 rings (SSSR count). The molecule has 1 N–H and O–H groups in total. The molecule has 1 unspecified atom stereocenters. The van der Waals surface area contributed by atoms with Crippen LogP contribution in [-0.2, 0) is 19.6 Å². The van der Waals surface area contributed by atoms with E-state index in [1.165, 1.54) is 18.9 Å². The molecule has 1 saturated carbocycles. The van der Waals surface area contributed by atoms with E-state index in [1.54, 1.807) is 24.3 Å². The standard InChI is InChI=1S/C14H19NO4S2/c1-10(9-14(16)19-2)20-12-5-3-4-6-13(12)21(17,18)15-11-7-8-11/h3-6,10-11,15H,7-9H2,1-2H3. The third-order valence-corrected chi connectivity index (χ3v) is 5.93. The number of carbonyl (C=O) groups excluding carboxylic acids is 1. The summed E-state index contributed by atoms with van der Waals surface area (Å²) >= 11 is 1.37. The van der Waals surface area contributed by atoms with Crippen molar-refractivity contribution in [2.45, 2.75) is 47.3 Å². The van der Waals surface area contributed by atoms with E-state index in [-0.39, 0.29) is 28.6 Å². The first-order valence-electron chi connectivity index (χ1n) is 6.77. The molecule has 7 heteroatoms. The van der Waals surface area contributed by atoms with E-state index in [0.717, 1.165) is 12.8 Å². The predicted molar refractivity (Wildman–Crippen MR) is 81.7 cm³/mol. The van der Waals surface area contributed by atoms with Gasteiger partial charge in [0.1, 0.15) is 0 Å². The van der Waals surface area contributed by atoms with E-state index < -0.39 is 10.0 Å². The van der Waals surface area contributed by atoms with Crippen LogP contribution < -0.4 is 4.72 Å². The van der Waals surface area contributed by atoms with Gasteiger partial charge >= 0.3 is 5.97 Å². The molecule has 21 heavy (non-hydrogen) atoms. The number of ether oxygens (including phenoxy) is 1. The number of nitrogens with one attached hydrogen (secondary N) is 1. The number of rotatable bonds is 7. The highest BCUT2D eigenvalue weighted by molar-refractivity contribution is 8.00. The second kappa shape index (κ2) is 6.81. The molecule has 0 bridgehead atoms. The van der Waals surface area contributed by atoms with Crippen LogP contribution in [0.15, 0.2) is 34.1 Å². The van der Waals surface area contributed by atoms with E-state index in [0.29, 0.717) is 4.90 Å². The Kier molecular flexibility index (Phi) is 5.29. The Morgan fingerprint density at radius 2 is 2.10 bits per heavy atom. The highest BCUT2D eigenvalue weighted by Crippen LogP contribution is 2.32. The Labute approximate surface area is 129 Å². The van der Waals surface area contributed by atoms with Crippen LogP contribution in [0, 0.1) is 0 Å². The molecule has 116 valence electrons. The number of benzene rings is 1. The van der Waals surface area contributed by atoms with Crippen molar-refractivity contribution in [3.8, 4) is 0 Å². The number of hydrogen-bond acceptors (Lipinski definition) is 5. The highest BCUT2D eigenvalue weighted by atomic mass is 32.2. The average molecular weight is 329 g/mol. The Bertz CT molecular complexity index is 611. The Balaban J connectivity index is 2.14. The van der Waals surface area contributed by atoms with Crippen molar-refractivity contribution >= 4 is 27.8 Å². The summed E-state index contributed by atoms with van der Waals surface area (Å²) in [6.45, 7) is 1.87. The Hall–Kier alpha value is -1.05. The van der Waals surface area contributed by atoms with E-state index in [4.69, 9.17) is 0 Å². The molecule has 1 aromatic carbocycles. The van der Waals surface area contributed by atoms with Crippen LogP contribution in [0.5, 0.6) is 0 Å². The van der Waals surface area contributed by atoms with E-state index in [9.17, 15) is 13.2 Å². The van der Waals surface area contributed by atoms with Gasteiger partial charge in [0.25, 0.3) is 0 Å². The number of hydrogen-bond donors (Lipinski definition) is 1. The molecule has 1 aromatic rings.